The molecule has 0 aliphatic rings. The van der Waals surface area contributed by atoms with Crippen molar-refractivity contribution in [3.05, 3.63) is 76.5 Å². The van der Waals surface area contributed by atoms with E-state index < -0.39 is 0 Å². The zero-order valence-electron chi connectivity index (χ0n) is 16.1. The lowest BCUT2D eigenvalue weighted by Crippen LogP contribution is -2.10. The third-order valence-electron chi connectivity index (χ3n) is 4.81. The number of aromatic nitrogens is 4. The van der Waals surface area contributed by atoms with E-state index in [1.165, 1.54) is 11.1 Å². The van der Waals surface area contributed by atoms with Gasteiger partial charge in [0.1, 0.15) is 0 Å². The molecule has 3 N–H and O–H groups in total. The van der Waals surface area contributed by atoms with Gasteiger partial charge in [-0.2, -0.15) is 9.97 Å². The van der Waals surface area contributed by atoms with E-state index in [1.807, 2.05) is 28.8 Å². The van der Waals surface area contributed by atoms with Crippen molar-refractivity contribution in [1.82, 2.24) is 19.5 Å². The Hall–Kier alpha value is -2.93. The fraction of sp³-hybridized carbons (Fsp3) is 0.227. The van der Waals surface area contributed by atoms with Crippen LogP contribution in [0.1, 0.15) is 17.5 Å². The highest BCUT2D eigenvalue weighted by molar-refractivity contribution is 9.10. The molecule has 0 aliphatic carbocycles. The van der Waals surface area contributed by atoms with Crippen LogP contribution < -0.4 is 11.1 Å². The summed E-state index contributed by atoms with van der Waals surface area (Å²) in [6.45, 7) is 1.53. The van der Waals surface area contributed by atoms with Crippen LogP contribution in [0.5, 0.6) is 0 Å². The molecule has 7 heteroatoms. The van der Waals surface area contributed by atoms with E-state index in [0.717, 1.165) is 38.0 Å². The van der Waals surface area contributed by atoms with Crippen molar-refractivity contribution in [3.8, 4) is 0 Å². The summed E-state index contributed by atoms with van der Waals surface area (Å²) in [5.41, 5.74) is 10.1. The average Bonchev–Trinajstić information content (AvgIpc) is 3.07. The molecule has 0 fully saturated rings. The predicted molar refractivity (Wildman–Crippen MR) is 121 cm³/mol. The highest BCUT2D eigenvalue weighted by Gasteiger charge is 2.15. The Balaban J connectivity index is 1.46. The van der Waals surface area contributed by atoms with Gasteiger partial charge >= 0.3 is 0 Å². The van der Waals surface area contributed by atoms with E-state index in [2.05, 4.69) is 72.6 Å². The highest BCUT2D eigenvalue weighted by atomic mass is 79.9. The maximum atomic E-state index is 6.15. The lowest BCUT2D eigenvalue weighted by molar-refractivity contribution is 0.693. The highest BCUT2D eigenvalue weighted by Crippen LogP contribution is 2.24. The molecule has 0 aliphatic heterocycles. The lowest BCUT2D eigenvalue weighted by Gasteiger charge is -2.08. The Morgan fingerprint density at radius 2 is 1.52 bits per heavy atom. The van der Waals surface area contributed by atoms with Crippen molar-refractivity contribution < 1.29 is 0 Å². The molecule has 0 spiro atoms. The van der Waals surface area contributed by atoms with Crippen molar-refractivity contribution in [3.63, 3.8) is 0 Å². The fourth-order valence-corrected chi connectivity index (χ4v) is 3.82. The summed E-state index contributed by atoms with van der Waals surface area (Å²) in [5, 5.41) is 3.30. The van der Waals surface area contributed by atoms with Crippen LogP contribution in [0.15, 0.2) is 65.4 Å². The van der Waals surface area contributed by atoms with Gasteiger partial charge in [0.05, 0.1) is 0 Å². The van der Waals surface area contributed by atoms with Crippen LogP contribution in [-0.4, -0.2) is 26.1 Å². The van der Waals surface area contributed by atoms with Gasteiger partial charge in [-0.1, -0.05) is 60.7 Å². The van der Waals surface area contributed by atoms with Gasteiger partial charge in [-0.15, -0.1) is 0 Å². The SMILES string of the molecule is Nc1nc(NCCCc2ccccc2)nc2c1nc(Br)n2CCc1ccccc1. The van der Waals surface area contributed by atoms with Crippen molar-refractivity contribution in [2.24, 2.45) is 0 Å². The summed E-state index contributed by atoms with van der Waals surface area (Å²) >= 11 is 3.54. The summed E-state index contributed by atoms with van der Waals surface area (Å²) in [6.07, 6.45) is 2.88. The molecule has 4 aromatic rings. The van der Waals surface area contributed by atoms with Gasteiger partial charge in [-0.05, 0) is 46.3 Å². The third kappa shape index (κ3) is 4.74. The van der Waals surface area contributed by atoms with Gasteiger partial charge in [0.2, 0.25) is 5.95 Å². The number of imidazole rings is 1. The smallest absolute Gasteiger partial charge is 0.226 e. The molecule has 2 aromatic heterocycles. The Bertz CT molecular complexity index is 1080. The largest absolute Gasteiger partial charge is 0.382 e. The number of aryl methyl sites for hydroxylation is 3. The van der Waals surface area contributed by atoms with Crippen molar-refractivity contribution in [1.29, 1.82) is 0 Å². The molecule has 0 saturated heterocycles. The normalized spacial score (nSPS) is 11.1. The van der Waals surface area contributed by atoms with Crippen molar-refractivity contribution in [2.45, 2.75) is 25.8 Å². The van der Waals surface area contributed by atoms with Gasteiger partial charge < -0.3 is 15.6 Å². The van der Waals surface area contributed by atoms with E-state index >= 15 is 0 Å². The van der Waals surface area contributed by atoms with Gasteiger partial charge in [0.15, 0.2) is 21.7 Å². The summed E-state index contributed by atoms with van der Waals surface area (Å²) in [6, 6.07) is 20.8. The number of nitrogens with zero attached hydrogens (tertiary/aromatic N) is 4. The topological polar surface area (TPSA) is 81.7 Å². The number of nitrogen functional groups attached to an aromatic ring is 1. The van der Waals surface area contributed by atoms with Crippen molar-refractivity contribution >= 4 is 38.9 Å². The lowest BCUT2D eigenvalue weighted by atomic mass is 10.1. The Morgan fingerprint density at radius 1 is 0.862 bits per heavy atom. The summed E-state index contributed by atoms with van der Waals surface area (Å²) < 4.78 is 2.75. The second-order valence-corrected chi connectivity index (χ2v) is 7.60. The second kappa shape index (κ2) is 9.05. The first-order chi connectivity index (χ1) is 14.2. The Kier molecular flexibility index (Phi) is 6.05. The minimum Gasteiger partial charge on any atom is -0.382 e. The number of nitrogens with one attached hydrogen (secondary N) is 1. The van der Waals surface area contributed by atoms with Crippen molar-refractivity contribution in [2.75, 3.05) is 17.6 Å². The molecule has 0 saturated carbocycles. The molecular weight excluding hydrogens is 428 g/mol. The molecule has 2 heterocycles. The molecule has 0 atom stereocenters. The van der Waals surface area contributed by atoms with Gasteiger partial charge in [0, 0.05) is 13.1 Å². The number of hydrogen-bond donors (Lipinski definition) is 2. The molecule has 29 heavy (non-hydrogen) atoms. The van der Waals surface area contributed by atoms with Crippen LogP contribution in [0.4, 0.5) is 11.8 Å². The Labute approximate surface area is 178 Å². The van der Waals surface area contributed by atoms with Crippen LogP contribution in [0, 0.1) is 0 Å². The van der Waals surface area contributed by atoms with E-state index in [1.54, 1.807) is 0 Å². The first-order valence-corrected chi connectivity index (χ1v) is 10.5. The molecule has 0 radical (unpaired) electrons. The number of rotatable bonds is 8. The number of nitrogens with two attached hydrogens (primary N) is 1. The average molecular weight is 451 g/mol. The maximum Gasteiger partial charge on any atom is 0.226 e. The first-order valence-electron chi connectivity index (χ1n) is 9.71. The second-order valence-electron chi connectivity index (χ2n) is 6.89. The summed E-state index contributed by atoms with van der Waals surface area (Å²) in [5.74, 6) is 0.927. The van der Waals surface area contributed by atoms with E-state index in [0.29, 0.717) is 22.0 Å². The van der Waals surface area contributed by atoms with Crippen LogP contribution in [0.2, 0.25) is 0 Å². The molecular formula is C22H23BrN6. The number of hydrogen-bond acceptors (Lipinski definition) is 5. The van der Waals surface area contributed by atoms with Crippen LogP contribution in [0.25, 0.3) is 11.2 Å². The number of anilines is 2. The van der Waals surface area contributed by atoms with Gasteiger partial charge in [0.25, 0.3) is 0 Å². The first kappa shape index (κ1) is 19.4. The van der Waals surface area contributed by atoms with E-state index in [4.69, 9.17) is 5.73 Å². The van der Waals surface area contributed by atoms with E-state index in [-0.39, 0.29) is 0 Å². The standard InChI is InChI=1S/C22H23BrN6/c23-21-26-18-19(24)27-22(25-14-7-12-16-8-3-1-4-9-16)28-20(18)29(21)15-13-17-10-5-2-6-11-17/h1-6,8-11H,7,12-15H2,(H3,24,25,27,28). The molecule has 148 valence electrons. The zero-order valence-corrected chi connectivity index (χ0v) is 17.6. The zero-order chi connectivity index (χ0) is 20.1. The van der Waals surface area contributed by atoms with Crippen LogP contribution in [0.3, 0.4) is 0 Å². The van der Waals surface area contributed by atoms with E-state index in [9.17, 15) is 0 Å². The molecule has 0 bridgehead atoms. The predicted octanol–water partition coefficient (Wildman–Crippen LogP) is 4.46. The van der Waals surface area contributed by atoms with Gasteiger partial charge in [-0.25, -0.2) is 4.98 Å². The quantitative estimate of drug-likeness (QED) is 0.306. The van der Waals surface area contributed by atoms with Crippen LogP contribution >= 0.6 is 15.9 Å². The number of halogens is 1. The number of benzene rings is 2. The maximum absolute atomic E-state index is 6.15. The molecule has 2 aromatic carbocycles. The Morgan fingerprint density at radius 3 is 2.21 bits per heavy atom. The molecule has 0 unspecified atom stereocenters. The van der Waals surface area contributed by atoms with Gasteiger partial charge in [-0.3, -0.25) is 0 Å². The van der Waals surface area contributed by atoms with Crippen LogP contribution in [-0.2, 0) is 19.4 Å². The summed E-state index contributed by atoms with van der Waals surface area (Å²) in [4.78, 5) is 13.6. The minimum absolute atomic E-state index is 0.389. The third-order valence-corrected chi connectivity index (χ3v) is 5.42. The summed E-state index contributed by atoms with van der Waals surface area (Å²) in [7, 11) is 0. The monoisotopic (exact) mass is 450 g/mol. The molecule has 4 rings (SSSR count). The minimum atomic E-state index is 0.389. The molecule has 6 nitrogen and oxygen atoms in total. The fourth-order valence-electron chi connectivity index (χ4n) is 3.30. The molecule has 0 amide bonds. The number of fused-ring (bicyclic) bond motifs is 1.